The van der Waals surface area contributed by atoms with Gasteiger partial charge in [0.15, 0.2) is 0 Å². The topological polar surface area (TPSA) is 35.2 Å². The van der Waals surface area contributed by atoms with Crippen LogP contribution in [0.5, 0.6) is 5.75 Å². The third-order valence-electron chi connectivity index (χ3n) is 2.71. The van der Waals surface area contributed by atoms with Crippen LogP contribution in [-0.2, 0) is 6.54 Å². The van der Waals surface area contributed by atoms with Crippen LogP contribution in [0, 0.1) is 5.92 Å². The zero-order chi connectivity index (χ0) is 10.7. The summed E-state index contributed by atoms with van der Waals surface area (Å²) in [6.07, 6.45) is 3.96. The van der Waals surface area contributed by atoms with E-state index < -0.39 is 0 Å². The van der Waals surface area contributed by atoms with Gasteiger partial charge in [-0.2, -0.15) is 0 Å². The molecular formula is C12H16BrNO. The molecule has 1 aliphatic rings. The SMILES string of the molecule is NCc1ccc(OCCC2CC2)c(Br)c1. The molecule has 3 heteroatoms. The minimum atomic E-state index is 0.570. The molecule has 2 nitrogen and oxygen atoms in total. The highest BCUT2D eigenvalue weighted by molar-refractivity contribution is 9.10. The predicted octanol–water partition coefficient (Wildman–Crippen LogP) is 3.09. The van der Waals surface area contributed by atoms with Crippen molar-refractivity contribution in [3.05, 3.63) is 28.2 Å². The largest absolute Gasteiger partial charge is 0.492 e. The molecule has 0 unspecified atom stereocenters. The van der Waals surface area contributed by atoms with Gasteiger partial charge in [0, 0.05) is 6.54 Å². The first-order valence-corrected chi connectivity index (χ1v) is 6.20. The highest BCUT2D eigenvalue weighted by atomic mass is 79.9. The zero-order valence-corrected chi connectivity index (χ0v) is 10.3. The molecule has 1 aliphatic carbocycles. The van der Waals surface area contributed by atoms with Crippen molar-refractivity contribution in [3.8, 4) is 5.75 Å². The van der Waals surface area contributed by atoms with Crippen LogP contribution in [0.15, 0.2) is 22.7 Å². The molecule has 0 atom stereocenters. The number of halogens is 1. The maximum absolute atomic E-state index is 5.70. The Hall–Kier alpha value is -0.540. The minimum Gasteiger partial charge on any atom is -0.492 e. The predicted molar refractivity (Wildman–Crippen MR) is 64.9 cm³/mol. The Labute approximate surface area is 98.9 Å². The first-order chi connectivity index (χ1) is 7.29. The summed E-state index contributed by atoms with van der Waals surface area (Å²) in [6, 6.07) is 6.02. The molecule has 0 aromatic heterocycles. The third kappa shape index (κ3) is 3.21. The van der Waals surface area contributed by atoms with Crippen molar-refractivity contribution in [2.24, 2.45) is 11.7 Å². The maximum atomic E-state index is 5.70. The highest BCUT2D eigenvalue weighted by Gasteiger charge is 2.20. The van der Waals surface area contributed by atoms with Gasteiger partial charge in [-0.3, -0.25) is 0 Å². The molecule has 0 heterocycles. The lowest BCUT2D eigenvalue weighted by Gasteiger charge is -2.08. The number of ether oxygens (including phenoxy) is 1. The normalized spacial score (nSPS) is 15.3. The van der Waals surface area contributed by atoms with Crippen molar-refractivity contribution in [3.63, 3.8) is 0 Å². The molecule has 2 N–H and O–H groups in total. The van der Waals surface area contributed by atoms with Gasteiger partial charge in [0.1, 0.15) is 5.75 Å². The fourth-order valence-corrected chi connectivity index (χ4v) is 2.07. The maximum Gasteiger partial charge on any atom is 0.133 e. The Bertz CT molecular complexity index is 336. The first kappa shape index (κ1) is 11.0. The standard InChI is InChI=1S/C12H16BrNO/c13-11-7-10(8-14)3-4-12(11)15-6-5-9-1-2-9/h3-4,7,9H,1-2,5-6,8,14H2. The van der Waals surface area contributed by atoms with Crippen molar-refractivity contribution >= 4 is 15.9 Å². The number of nitrogens with two attached hydrogens (primary N) is 1. The van der Waals surface area contributed by atoms with E-state index in [-0.39, 0.29) is 0 Å². The van der Waals surface area contributed by atoms with E-state index in [2.05, 4.69) is 15.9 Å². The van der Waals surface area contributed by atoms with E-state index in [4.69, 9.17) is 10.5 Å². The van der Waals surface area contributed by atoms with Gasteiger partial charge in [0.05, 0.1) is 11.1 Å². The average molecular weight is 270 g/mol. The molecular weight excluding hydrogens is 254 g/mol. The van der Waals surface area contributed by atoms with Crippen LogP contribution >= 0.6 is 15.9 Å². The lowest BCUT2D eigenvalue weighted by Crippen LogP contribution is -2.00. The summed E-state index contributed by atoms with van der Waals surface area (Å²) >= 11 is 3.49. The van der Waals surface area contributed by atoms with Gasteiger partial charge in [-0.05, 0) is 46.0 Å². The second kappa shape index (κ2) is 4.99. The highest BCUT2D eigenvalue weighted by Crippen LogP contribution is 2.33. The number of hydrogen-bond donors (Lipinski definition) is 1. The molecule has 2 rings (SSSR count). The molecule has 1 aromatic carbocycles. The summed E-state index contributed by atoms with van der Waals surface area (Å²) in [6.45, 7) is 1.40. The second-order valence-corrected chi connectivity index (χ2v) is 4.90. The molecule has 1 aromatic rings. The van der Waals surface area contributed by atoms with Crippen molar-refractivity contribution in [1.29, 1.82) is 0 Å². The van der Waals surface area contributed by atoms with E-state index in [9.17, 15) is 0 Å². The van der Waals surface area contributed by atoms with Crippen LogP contribution in [0.1, 0.15) is 24.8 Å². The molecule has 82 valence electrons. The van der Waals surface area contributed by atoms with Crippen LogP contribution in [0.25, 0.3) is 0 Å². The van der Waals surface area contributed by atoms with Crippen LogP contribution < -0.4 is 10.5 Å². The number of hydrogen-bond acceptors (Lipinski definition) is 2. The summed E-state index contributed by atoms with van der Waals surface area (Å²) in [7, 11) is 0. The lowest BCUT2D eigenvalue weighted by molar-refractivity contribution is 0.300. The Kier molecular flexibility index (Phi) is 3.65. The number of rotatable bonds is 5. The van der Waals surface area contributed by atoms with Crippen molar-refractivity contribution < 1.29 is 4.74 Å². The smallest absolute Gasteiger partial charge is 0.133 e. The zero-order valence-electron chi connectivity index (χ0n) is 8.71. The average Bonchev–Trinajstić information content (AvgIpc) is 3.04. The van der Waals surface area contributed by atoms with Crippen LogP contribution in [0.3, 0.4) is 0 Å². The van der Waals surface area contributed by atoms with Crippen LogP contribution in [0.4, 0.5) is 0 Å². The Morgan fingerprint density at radius 2 is 2.20 bits per heavy atom. The van der Waals surface area contributed by atoms with E-state index in [0.717, 1.165) is 28.3 Å². The van der Waals surface area contributed by atoms with E-state index >= 15 is 0 Å². The summed E-state index contributed by atoms with van der Waals surface area (Å²) in [5, 5.41) is 0. The monoisotopic (exact) mass is 269 g/mol. The Balaban J connectivity index is 1.88. The molecule has 0 saturated heterocycles. The summed E-state index contributed by atoms with van der Waals surface area (Å²) in [4.78, 5) is 0. The summed E-state index contributed by atoms with van der Waals surface area (Å²) in [5.41, 5.74) is 6.68. The number of benzene rings is 1. The van der Waals surface area contributed by atoms with E-state index in [1.54, 1.807) is 0 Å². The second-order valence-electron chi connectivity index (χ2n) is 4.05. The summed E-state index contributed by atoms with van der Waals surface area (Å²) < 4.78 is 6.70. The van der Waals surface area contributed by atoms with Gasteiger partial charge in [-0.25, -0.2) is 0 Å². The van der Waals surface area contributed by atoms with Gasteiger partial charge in [-0.15, -0.1) is 0 Å². The van der Waals surface area contributed by atoms with Crippen molar-refractivity contribution in [2.75, 3.05) is 6.61 Å². The Morgan fingerprint density at radius 1 is 1.40 bits per heavy atom. The van der Waals surface area contributed by atoms with Gasteiger partial charge in [0.25, 0.3) is 0 Å². The molecule has 0 aliphatic heterocycles. The van der Waals surface area contributed by atoms with Gasteiger partial charge in [0.2, 0.25) is 0 Å². The molecule has 15 heavy (non-hydrogen) atoms. The molecule has 0 amide bonds. The minimum absolute atomic E-state index is 0.570. The molecule has 0 bridgehead atoms. The van der Waals surface area contributed by atoms with Crippen LogP contribution in [0.2, 0.25) is 0 Å². The quantitative estimate of drug-likeness (QED) is 0.892. The van der Waals surface area contributed by atoms with Gasteiger partial charge in [-0.1, -0.05) is 18.9 Å². The Morgan fingerprint density at radius 3 is 2.80 bits per heavy atom. The van der Waals surface area contributed by atoms with Gasteiger partial charge < -0.3 is 10.5 Å². The molecule has 1 saturated carbocycles. The molecule has 0 spiro atoms. The van der Waals surface area contributed by atoms with E-state index in [1.807, 2.05) is 18.2 Å². The van der Waals surface area contributed by atoms with E-state index in [1.165, 1.54) is 19.3 Å². The molecule has 0 radical (unpaired) electrons. The summed E-state index contributed by atoms with van der Waals surface area (Å²) in [5.74, 6) is 1.85. The van der Waals surface area contributed by atoms with Crippen LogP contribution in [-0.4, -0.2) is 6.61 Å². The lowest BCUT2D eigenvalue weighted by atomic mass is 10.2. The fourth-order valence-electron chi connectivity index (χ4n) is 1.53. The third-order valence-corrected chi connectivity index (χ3v) is 3.33. The van der Waals surface area contributed by atoms with Gasteiger partial charge >= 0.3 is 0 Å². The van der Waals surface area contributed by atoms with E-state index in [0.29, 0.717) is 6.54 Å². The van der Waals surface area contributed by atoms with Crippen molar-refractivity contribution in [1.82, 2.24) is 0 Å². The fraction of sp³-hybridized carbons (Fsp3) is 0.500. The molecule has 1 fully saturated rings. The first-order valence-electron chi connectivity index (χ1n) is 5.41. The van der Waals surface area contributed by atoms with Crippen molar-refractivity contribution in [2.45, 2.75) is 25.8 Å².